The molecule has 642 valence electrons. The lowest BCUT2D eigenvalue weighted by Gasteiger charge is -2.32. The summed E-state index contributed by atoms with van der Waals surface area (Å²) in [7, 11) is 2.70. The number of nitrogens with two attached hydrogens (primary N) is 1. The molecule has 0 fully saturated rings. The molecule has 3 atom stereocenters. The first kappa shape index (κ1) is 89.3. The molecule has 12 rings (SSSR count). The summed E-state index contributed by atoms with van der Waals surface area (Å²) in [5.41, 5.74) is 21.1. The Kier molecular flexibility index (Phi) is 31.1. The summed E-state index contributed by atoms with van der Waals surface area (Å²) < 4.78 is 10.8. The minimum absolute atomic E-state index is 0.00919. The summed E-state index contributed by atoms with van der Waals surface area (Å²) in [5, 5.41) is 16.0. The van der Waals surface area contributed by atoms with Gasteiger partial charge >= 0.3 is 12.2 Å². The van der Waals surface area contributed by atoms with Gasteiger partial charge in [0.1, 0.15) is 44.4 Å². The SMILES string of the molecule is CC(C)C[C@H](NC(=O)[C@H](C)N(C(=O)CNC(=O)[C@H](CCCCN)N(C(=O)CCC(=O)Nc1ccc(-c2c3nc(c(-c4ccccc4)c4ccc([nH]4)c(-c4ccccc4)c4nc(c(-c5ccccc5)c5ccc2[nH]5)C=C4)C=C3)cc1)C(=O)CN(C)C(=O)OCc1ccccc1)c1ccccc1)C(=O)NCC(=O)NCCNC(=O)CN(C)C(=O)OCc1ccccc1. The van der Waals surface area contributed by atoms with Crippen LogP contribution in [0.15, 0.2) is 231 Å². The highest BCUT2D eigenvalue weighted by molar-refractivity contribution is 6.07. The van der Waals surface area contributed by atoms with Gasteiger partial charge in [-0.1, -0.05) is 196 Å². The highest BCUT2D eigenvalue weighted by Gasteiger charge is 2.38. The highest BCUT2D eigenvalue weighted by atomic mass is 16.6. The maximum atomic E-state index is 15.0. The number of fused-ring (bicyclic) bond motifs is 8. The van der Waals surface area contributed by atoms with E-state index < -0.39 is 116 Å². The monoisotopic (exact) mass is 1680 g/mol. The minimum Gasteiger partial charge on any atom is -0.445 e. The molecule has 0 saturated carbocycles. The first-order valence-electron chi connectivity index (χ1n) is 41.5. The van der Waals surface area contributed by atoms with Crippen LogP contribution in [0, 0.1) is 5.92 Å². The highest BCUT2D eigenvalue weighted by Crippen LogP contribution is 2.39. The molecule has 11 amide bonds. The lowest BCUT2D eigenvalue weighted by atomic mass is 10.0. The standard InChI is InChI=1S/C97H101N15O13/c1-63(2)56-81(94(120)101-57-84(114)99-54-55-100-85(115)59-109(4)96(122)124-61-65-26-12-6-13-27-65)108-93(119)64(3)111(72-36-22-11-23-37-72)87(117)58-102-95(121)82(38-24-25-53-98)112(88(118)60-110(5)97(123)125-62-66-28-14-7-15-29-66)86(116)52-51-83(113)103-71-41-39-70(40-42-71)92-79-49-47-77(106-79)90(68-32-18-9-19-33-68)75-45-43-73(104-75)89(67-30-16-8-17-31-67)74-44-46-76(105-74)91(69-34-20-10-21-35-69)78-48-50-80(92)107-78/h6-23,26-37,39-50,63-64,81-82,104,107H,24-25,38,51-62,98H2,1-5H3,(H,99,114)(H,100,115)(H,101,120)(H,102,121)(H,103,113)(H,108,119)/t64-,81-,82-/m0/s1. The Morgan fingerprint density at radius 2 is 0.848 bits per heavy atom. The Labute approximate surface area is 724 Å². The summed E-state index contributed by atoms with van der Waals surface area (Å²) in [6.45, 7) is 2.66. The fourth-order valence-electron chi connectivity index (χ4n) is 14.6. The summed E-state index contributed by atoms with van der Waals surface area (Å²) >= 11 is 0. The van der Waals surface area contributed by atoms with E-state index in [-0.39, 0.29) is 70.3 Å². The van der Waals surface area contributed by atoms with Crippen LogP contribution in [0.2, 0.25) is 0 Å². The fourth-order valence-corrected chi connectivity index (χ4v) is 14.6. The molecule has 10 aromatic rings. The third-order valence-electron chi connectivity index (χ3n) is 20.9. The first-order valence-corrected chi connectivity index (χ1v) is 41.5. The topological polar surface area (TPSA) is 375 Å². The normalized spacial score (nSPS) is 12.0. The van der Waals surface area contributed by atoms with Gasteiger partial charge in [0.05, 0.1) is 35.9 Å². The molecule has 0 radical (unpaired) electrons. The predicted molar refractivity (Wildman–Crippen MR) is 482 cm³/mol. The molecular formula is C97H101N15O13. The number of H-pyrrole nitrogens is 2. The maximum absolute atomic E-state index is 15.0. The number of para-hydroxylation sites is 1. The van der Waals surface area contributed by atoms with Crippen molar-refractivity contribution in [3.8, 4) is 44.5 Å². The largest absolute Gasteiger partial charge is 0.445 e. The second-order valence-corrected chi connectivity index (χ2v) is 30.6. The summed E-state index contributed by atoms with van der Waals surface area (Å²) in [4.78, 5) is 176. The number of aromatic nitrogens is 4. The molecule has 5 heterocycles. The van der Waals surface area contributed by atoms with Crippen molar-refractivity contribution >= 4 is 123 Å². The van der Waals surface area contributed by atoms with Crippen LogP contribution in [0.1, 0.15) is 93.2 Å². The predicted octanol–water partition coefficient (Wildman–Crippen LogP) is 12.8. The van der Waals surface area contributed by atoms with Crippen LogP contribution in [0.25, 0.3) is 90.9 Å². The van der Waals surface area contributed by atoms with Crippen molar-refractivity contribution in [1.82, 2.24) is 61.2 Å². The zero-order chi connectivity index (χ0) is 88.3. The van der Waals surface area contributed by atoms with E-state index in [1.54, 1.807) is 84.9 Å². The molecule has 7 aromatic carbocycles. The number of carbonyl (C=O) groups excluding carboxylic acids is 11. The van der Waals surface area contributed by atoms with Gasteiger partial charge in [0.25, 0.3) is 0 Å². The Balaban J connectivity index is 0.754. The van der Waals surface area contributed by atoms with Crippen molar-refractivity contribution in [2.75, 3.05) is 70.1 Å². The lowest BCUT2D eigenvalue weighted by molar-refractivity contribution is -0.153. The quantitative estimate of drug-likeness (QED) is 0.0165. The van der Waals surface area contributed by atoms with E-state index in [1.807, 2.05) is 135 Å². The van der Waals surface area contributed by atoms with Crippen LogP contribution in [0.4, 0.5) is 21.0 Å². The number of hydrogen-bond donors (Lipinski definition) is 9. The van der Waals surface area contributed by atoms with E-state index in [2.05, 4.69) is 90.4 Å². The number of unbranched alkanes of at least 4 members (excludes halogenated alkanes) is 1. The third-order valence-corrected chi connectivity index (χ3v) is 20.9. The van der Waals surface area contributed by atoms with Crippen LogP contribution >= 0.6 is 0 Å². The zero-order valence-corrected chi connectivity index (χ0v) is 70.2. The van der Waals surface area contributed by atoms with E-state index in [9.17, 15) is 43.2 Å². The number of hydrogen-bond acceptors (Lipinski definition) is 16. The van der Waals surface area contributed by atoms with Gasteiger partial charge in [0, 0.05) is 95.7 Å². The maximum Gasteiger partial charge on any atom is 0.410 e. The Morgan fingerprint density at radius 3 is 1.30 bits per heavy atom. The van der Waals surface area contributed by atoms with Gasteiger partial charge in [0.2, 0.25) is 53.2 Å². The van der Waals surface area contributed by atoms with Crippen LogP contribution in [0.5, 0.6) is 0 Å². The first-order chi connectivity index (χ1) is 60.6. The Bertz CT molecular complexity index is 5720. The van der Waals surface area contributed by atoms with E-state index in [1.165, 1.54) is 21.0 Å². The number of ether oxygens (including phenoxy) is 2. The van der Waals surface area contributed by atoms with Gasteiger partial charge in [-0.25, -0.2) is 19.6 Å². The van der Waals surface area contributed by atoms with E-state index in [0.29, 0.717) is 34.0 Å². The molecule has 0 saturated heterocycles. The van der Waals surface area contributed by atoms with Gasteiger partial charge in [-0.2, -0.15) is 0 Å². The Morgan fingerprint density at radius 1 is 0.424 bits per heavy atom. The van der Waals surface area contributed by atoms with Crippen molar-refractivity contribution in [2.45, 2.75) is 90.6 Å². The molecule has 8 bridgehead atoms. The van der Waals surface area contributed by atoms with Crippen LogP contribution in [-0.4, -0.2) is 178 Å². The number of benzene rings is 7. The summed E-state index contributed by atoms with van der Waals surface area (Å²) in [5.74, 6) is -7.19. The number of nitrogens with zero attached hydrogens (tertiary/aromatic N) is 6. The van der Waals surface area contributed by atoms with Crippen molar-refractivity contribution < 1.29 is 62.2 Å². The number of anilines is 2. The molecule has 0 aliphatic carbocycles. The van der Waals surface area contributed by atoms with Crippen molar-refractivity contribution in [3.63, 3.8) is 0 Å². The summed E-state index contributed by atoms with van der Waals surface area (Å²) in [6, 6.07) is 67.4. The van der Waals surface area contributed by atoms with Gasteiger partial charge in [-0.15, -0.1) is 0 Å². The zero-order valence-electron chi connectivity index (χ0n) is 70.2. The fraction of sp³-hybridized carbons (Fsp3) is 0.247. The number of aromatic amines is 2. The molecule has 2 aliphatic rings. The second kappa shape index (κ2) is 43.5. The van der Waals surface area contributed by atoms with Crippen molar-refractivity contribution in [2.24, 2.45) is 11.7 Å². The van der Waals surface area contributed by atoms with Crippen LogP contribution in [-0.2, 0) is 65.8 Å². The number of rotatable bonds is 36. The molecule has 28 nitrogen and oxygen atoms in total. The lowest BCUT2D eigenvalue weighted by Crippen LogP contribution is -2.58. The van der Waals surface area contributed by atoms with E-state index in [0.717, 1.165) is 98.2 Å². The van der Waals surface area contributed by atoms with Crippen molar-refractivity contribution in [3.05, 3.63) is 264 Å². The second-order valence-electron chi connectivity index (χ2n) is 30.6. The van der Waals surface area contributed by atoms with Crippen LogP contribution < -0.4 is 42.5 Å². The number of likely N-dealkylation sites (N-methyl/N-ethyl adjacent to an activating group) is 2. The van der Waals surface area contributed by atoms with Gasteiger partial charge in [-0.05, 0) is 151 Å². The number of nitrogens with one attached hydrogen (secondary N) is 8. The average Bonchev–Trinajstić information content (AvgIpc) is 1.61. The molecule has 28 heteroatoms. The molecule has 10 N–H and O–H groups in total. The molecule has 0 unspecified atom stereocenters. The van der Waals surface area contributed by atoms with Gasteiger partial charge < -0.3 is 66.9 Å². The smallest absolute Gasteiger partial charge is 0.410 e. The molecular weight excluding hydrogens is 1580 g/mol. The van der Waals surface area contributed by atoms with Gasteiger partial charge in [0.15, 0.2) is 0 Å². The summed E-state index contributed by atoms with van der Waals surface area (Å²) in [6.07, 6.45) is 5.78. The van der Waals surface area contributed by atoms with Gasteiger partial charge in [-0.3, -0.25) is 53.0 Å². The third kappa shape index (κ3) is 24.0. The number of amides is 11. The molecule has 0 spiro atoms. The molecule has 2 aliphatic heterocycles. The number of imide groups is 1. The molecule has 3 aromatic heterocycles. The Hall–Kier alpha value is -14.9. The minimum atomic E-state index is -1.65. The van der Waals surface area contributed by atoms with E-state index >= 15 is 9.59 Å². The van der Waals surface area contributed by atoms with E-state index in [4.69, 9.17) is 25.2 Å². The van der Waals surface area contributed by atoms with Crippen LogP contribution in [0.3, 0.4) is 0 Å². The number of carbonyl (C=O) groups is 11. The molecule has 125 heavy (non-hydrogen) atoms. The van der Waals surface area contributed by atoms with Crippen molar-refractivity contribution in [1.29, 1.82) is 0 Å². The average molecular weight is 1680 g/mol.